The van der Waals surface area contributed by atoms with E-state index in [0.29, 0.717) is 17.6 Å². The number of anilines is 1. The number of hydrogen-bond donors (Lipinski definition) is 1. The molecule has 2 unspecified atom stereocenters. The Balaban J connectivity index is 2.46. The zero-order valence-corrected chi connectivity index (χ0v) is 11.5. The highest BCUT2D eigenvalue weighted by Gasteiger charge is 2.31. The minimum Gasteiger partial charge on any atom is -0.365 e. The van der Waals surface area contributed by atoms with E-state index in [9.17, 15) is 4.39 Å². The number of halogens is 1. The molecule has 100 valence electrons. The molecule has 1 saturated heterocycles. The Bertz CT molecular complexity index is 417. The van der Waals surface area contributed by atoms with Gasteiger partial charge in [-0.25, -0.2) is 4.39 Å². The van der Waals surface area contributed by atoms with Crippen LogP contribution in [0, 0.1) is 5.82 Å². The minimum absolute atomic E-state index is 0.184. The lowest BCUT2D eigenvalue weighted by Crippen LogP contribution is -2.35. The Labute approximate surface area is 109 Å². The molecule has 1 aromatic rings. The monoisotopic (exact) mass is 250 g/mol. The van der Waals surface area contributed by atoms with Gasteiger partial charge in [0.1, 0.15) is 5.82 Å². The highest BCUT2D eigenvalue weighted by molar-refractivity contribution is 5.57. The first kappa shape index (κ1) is 13.3. The van der Waals surface area contributed by atoms with Crippen LogP contribution in [0.5, 0.6) is 0 Å². The Kier molecular flexibility index (Phi) is 3.91. The third-order valence-corrected chi connectivity index (χ3v) is 4.02. The van der Waals surface area contributed by atoms with Gasteiger partial charge in [-0.05, 0) is 45.2 Å². The quantitative estimate of drug-likeness (QED) is 0.888. The van der Waals surface area contributed by atoms with Crippen LogP contribution in [0.1, 0.15) is 51.6 Å². The molecule has 1 fully saturated rings. The second kappa shape index (κ2) is 5.27. The summed E-state index contributed by atoms with van der Waals surface area (Å²) in [6.45, 7) is 6.26. The molecule has 2 nitrogen and oxygen atoms in total. The zero-order valence-electron chi connectivity index (χ0n) is 11.5. The minimum atomic E-state index is -0.272. The predicted molar refractivity (Wildman–Crippen MR) is 74.3 cm³/mol. The van der Waals surface area contributed by atoms with Gasteiger partial charge in [-0.3, -0.25) is 0 Å². The normalized spacial score (nSPS) is 25.5. The molecule has 1 aliphatic heterocycles. The molecule has 1 aromatic carbocycles. The zero-order chi connectivity index (χ0) is 13.3. The molecule has 0 amide bonds. The average Bonchev–Trinajstić information content (AvgIpc) is 2.69. The van der Waals surface area contributed by atoms with Crippen molar-refractivity contribution in [2.24, 2.45) is 5.73 Å². The molecule has 1 aliphatic rings. The summed E-state index contributed by atoms with van der Waals surface area (Å²) in [6, 6.07) is 6.00. The van der Waals surface area contributed by atoms with Crippen LogP contribution in [-0.4, -0.2) is 12.1 Å². The third kappa shape index (κ3) is 2.24. The summed E-state index contributed by atoms with van der Waals surface area (Å²) >= 11 is 0. The van der Waals surface area contributed by atoms with Gasteiger partial charge in [0.05, 0.1) is 0 Å². The van der Waals surface area contributed by atoms with E-state index in [1.807, 2.05) is 13.0 Å². The Morgan fingerprint density at radius 2 is 2.17 bits per heavy atom. The molecule has 0 saturated carbocycles. The van der Waals surface area contributed by atoms with E-state index in [2.05, 4.69) is 18.7 Å². The van der Waals surface area contributed by atoms with Crippen molar-refractivity contribution in [1.82, 2.24) is 0 Å². The van der Waals surface area contributed by atoms with Gasteiger partial charge >= 0.3 is 0 Å². The van der Waals surface area contributed by atoms with E-state index in [4.69, 9.17) is 5.73 Å². The highest BCUT2D eigenvalue weighted by atomic mass is 19.1. The molecule has 3 heteroatoms. The predicted octanol–water partition coefficient (Wildman–Crippen LogP) is 3.61. The Morgan fingerprint density at radius 1 is 1.44 bits per heavy atom. The fraction of sp³-hybridized carbons (Fsp3) is 0.600. The van der Waals surface area contributed by atoms with E-state index in [-0.39, 0.29) is 11.9 Å². The van der Waals surface area contributed by atoms with Crippen molar-refractivity contribution < 1.29 is 4.39 Å². The molecule has 0 radical (unpaired) electrons. The lowest BCUT2D eigenvalue weighted by atomic mass is 10.0. The number of hydrogen-bond acceptors (Lipinski definition) is 2. The van der Waals surface area contributed by atoms with Crippen molar-refractivity contribution in [3.63, 3.8) is 0 Å². The third-order valence-electron chi connectivity index (χ3n) is 4.02. The smallest absolute Gasteiger partial charge is 0.130 e. The van der Waals surface area contributed by atoms with Gasteiger partial charge in [0.2, 0.25) is 0 Å². The van der Waals surface area contributed by atoms with E-state index >= 15 is 0 Å². The standard InChI is InChI=1S/C15H23FN2/c1-4-12-9-8-10(2)18(12)14-7-5-6-13(16)15(14)11(3)17/h5-7,10-12H,4,8-9,17H2,1-3H3/t10?,11-,12?/m1/s1. The van der Waals surface area contributed by atoms with Crippen molar-refractivity contribution in [2.45, 2.75) is 58.2 Å². The van der Waals surface area contributed by atoms with Gasteiger partial charge in [-0.2, -0.15) is 0 Å². The summed E-state index contributed by atoms with van der Waals surface area (Å²) in [7, 11) is 0. The number of rotatable bonds is 3. The van der Waals surface area contributed by atoms with Crippen molar-refractivity contribution in [2.75, 3.05) is 4.90 Å². The van der Waals surface area contributed by atoms with Crippen molar-refractivity contribution in [3.05, 3.63) is 29.6 Å². The van der Waals surface area contributed by atoms with Crippen LogP contribution in [0.4, 0.5) is 10.1 Å². The Hall–Kier alpha value is -1.09. The summed E-state index contributed by atoms with van der Waals surface area (Å²) < 4.78 is 14.0. The maximum absolute atomic E-state index is 14.0. The van der Waals surface area contributed by atoms with Crippen LogP contribution in [0.25, 0.3) is 0 Å². The van der Waals surface area contributed by atoms with Gasteiger partial charge in [-0.1, -0.05) is 13.0 Å². The van der Waals surface area contributed by atoms with Gasteiger partial charge in [-0.15, -0.1) is 0 Å². The van der Waals surface area contributed by atoms with Crippen LogP contribution in [0.3, 0.4) is 0 Å². The topological polar surface area (TPSA) is 29.3 Å². The second-order valence-corrected chi connectivity index (χ2v) is 5.36. The van der Waals surface area contributed by atoms with E-state index in [0.717, 1.165) is 12.1 Å². The summed E-state index contributed by atoms with van der Waals surface area (Å²) in [6.07, 6.45) is 3.46. The van der Waals surface area contributed by atoms with Crippen molar-refractivity contribution in [1.29, 1.82) is 0 Å². The maximum Gasteiger partial charge on any atom is 0.130 e. The summed E-state index contributed by atoms with van der Waals surface area (Å²) in [5, 5.41) is 0. The Morgan fingerprint density at radius 3 is 2.78 bits per heavy atom. The molecule has 0 aromatic heterocycles. The molecule has 0 aliphatic carbocycles. The van der Waals surface area contributed by atoms with Gasteiger partial charge in [0, 0.05) is 29.4 Å². The van der Waals surface area contributed by atoms with Gasteiger partial charge < -0.3 is 10.6 Å². The first-order valence-electron chi connectivity index (χ1n) is 6.88. The average molecular weight is 250 g/mol. The molecular weight excluding hydrogens is 227 g/mol. The summed E-state index contributed by atoms with van der Waals surface area (Å²) in [5.74, 6) is -0.184. The molecule has 0 spiro atoms. The summed E-state index contributed by atoms with van der Waals surface area (Å²) in [5.41, 5.74) is 7.59. The molecule has 18 heavy (non-hydrogen) atoms. The fourth-order valence-electron chi connectivity index (χ4n) is 3.11. The lowest BCUT2D eigenvalue weighted by Gasteiger charge is -2.33. The molecule has 2 N–H and O–H groups in total. The lowest BCUT2D eigenvalue weighted by molar-refractivity contribution is 0.579. The van der Waals surface area contributed by atoms with E-state index in [1.54, 1.807) is 6.07 Å². The van der Waals surface area contributed by atoms with Crippen LogP contribution in [-0.2, 0) is 0 Å². The largest absolute Gasteiger partial charge is 0.365 e. The first-order valence-corrected chi connectivity index (χ1v) is 6.88. The molecule has 1 heterocycles. The van der Waals surface area contributed by atoms with Crippen molar-refractivity contribution in [3.8, 4) is 0 Å². The van der Waals surface area contributed by atoms with Crippen LogP contribution >= 0.6 is 0 Å². The van der Waals surface area contributed by atoms with E-state index in [1.165, 1.54) is 18.9 Å². The van der Waals surface area contributed by atoms with Crippen LogP contribution in [0.2, 0.25) is 0 Å². The fourth-order valence-corrected chi connectivity index (χ4v) is 3.11. The second-order valence-electron chi connectivity index (χ2n) is 5.36. The van der Waals surface area contributed by atoms with Crippen LogP contribution < -0.4 is 10.6 Å². The van der Waals surface area contributed by atoms with Crippen LogP contribution in [0.15, 0.2) is 18.2 Å². The molecule has 3 atom stereocenters. The molecule has 0 bridgehead atoms. The SMILES string of the molecule is CCC1CCC(C)N1c1cccc(F)c1[C@@H](C)N. The van der Waals surface area contributed by atoms with Gasteiger partial charge in [0.25, 0.3) is 0 Å². The maximum atomic E-state index is 14.0. The van der Waals surface area contributed by atoms with Gasteiger partial charge in [0.15, 0.2) is 0 Å². The number of benzene rings is 1. The van der Waals surface area contributed by atoms with E-state index < -0.39 is 0 Å². The molecular formula is C15H23FN2. The number of nitrogens with two attached hydrogens (primary N) is 1. The molecule has 2 rings (SSSR count). The first-order chi connectivity index (χ1) is 8.56. The highest BCUT2D eigenvalue weighted by Crippen LogP contribution is 2.36. The summed E-state index contributed by atoms with van der Waals surface area (Å²) in [4.78, 5) is 2.36. The number of nitrogens with zero attached hydrogens (tertiary/aromatic N) is 1. The van der Waals surface area contributed by atoms with Crippen molar-refractivity contribution >= 4 is 5.69 Å².